The smallest absolute Gasteiger partial charge is 0.133 e. The molecule has 1 rings (SSSR count). The second-order valence-electron chi connectivity index (χ2n) is 3.96. The maximum absolute atomic E-state index is 10.2. The third-order valence-corrected chi connectivity index (χ3v) is 3.03. The van der Waals surface area contributed by atoms with Gasteiger partial charge in [-0.2, -0.15) is 0 Å². The highest BCUT2D eigenvalue weighted by Gasteiger charge is 2.34. The Morgan fingerprint density at radius 2 is 2.08 bits per heavy atom. The van der Waals surface area contributed by atoms with Gasteiger partial charge in [-0.25, -0.2) is 0 Å². The zero-order valence-electron chi connectivity index (χ0n) is 8.25. The lowest BCUT2D eigenvalue weighted by atomic mass is 9.80. The Bertz CT molecular complexity index is 164. The average molecular weight is 185 g/mol. The van der Waals surface area contributed by atoms with E-state index in [0.717, 1.165) is 32.0 Å². The van der Waals surface area contributed by atoms with E-state index in [1.807, 2.05) is 6.92 Å². The summed E-state index contributed by atoms with van der Waals surface area (Å²) in [7, 11) is 0. The summed E-state index contributed by atoms with van der Waals surface area (Å²) in [5.41, 5.74) is -0.582. The third kappa shape index (κ3) is 2.78. The van der Waals surface area contributed by atoms with Gasteiger partial charge in [0.25, 0.3) is 0 Å². The van der Waals surface area contributed by atoms with Gasteiger partial charge in [0.15, 0.2) is 0 Å². The van der Waals surface area contributed by atoms with Gasteiger partial charge in [0.2, 0.25) is 0 Å². The lowest BCUT2D eigenvalue weighted by molar-refractivity contribution is -0.107. The van der Waals surface area contributed by atoms with E-state index in [4.69, 9.17) is 0 Å². The topological polar surface area (TPSA) is 49.3 Å². The largest absolute Gasteiger partial charge is 0.388 e. The van der Waals surface area contributed by atoms with Gasteiger partial charge in [0.1, 0.15) is 6.29 Å². The molecule has 1 fully saturated rings. The van der Waals surface area contributed by atoms with Crippen molar-refractivity contribution in [2.75, 3.05) is 6.54 Å². The molecule has 1 atom stereocenters. The van der Waals surface area contributed by atoms with Gasteiger partial charge in [-0.3, -0.25) is 0 Å². The van der Waals surface area contributed by atoms with E-state index < -0.39 is 5.60 Å². The summed E-state index contributed by atoms with van der Waals surface area (Å²) >= 11 is 0. The first kappa shape index (κ1) is 10.7. The Hall–Kier alpha value is -0.410. The van der Waals surface area contributed by atoms with Crippen LogP contribution in [0.25, 0.3) is 0 Å². The van der Waals surface area contributed by atoms with Crippen molar-refractivity contribution in [2.45, 2.75) is 50.7 Å². The molecule has 0 aromatic rings. The molecule has 0 heterocycles. The minimum Gasteiger partial charge on any atom is -0.388 e. The van der Waals surface area contributed by atoms with Crippen LogP contribution in [0.4, 0.5) is 0 Å². The van der Waals surface area contributed by atoms with E-state index in [1.54, 1.807) is 0 Å². The summed E-state index contributed by atoms with van der Waals surface area (Å²) in [6.45, 7) is 2.29. The van der Waals surface area contributed by atoms with Crippen molar-refractivity contribution in [3.63, 3.8) is 0 Å². The van der Waals surface area contributed by atoms with Crippen molar-refractivity contribution in [3.05, 3.63) is 0 Å². The minimum absolute atomic E-state index is 0.0259. The molecule has 0 saturated heterocycles. The normalized spacial score (nSPS) is 23.8. The van der Waals surface area contributed by atoms with Gasteiger partial charge in [-0.15, -0.1) is 0 Å². The molecular formula is C10H19NO2. The molecule has 0 spiro atoms. The predicted octanol–water partition coefficient (Wildman–Crippen LogP) is 0.859. The molecule has 13 heavy (non-hydrogen) atoms. The van der Waals surface area contributed by atoms with Gasteiger partial charge < -0.3 is 15.2 Å². The maximum Gasteiger partial charge on any atom is 0.133 e. The van der Waals surface area contributed by atoms with Crippen molar-refractivity contribution in [3.8, 4) is 0 Å². The molecule has 3 nitrogen and oxygen atoms in total. The molecule has 2 N–H and O–H groups in total. The molecule has 1 aliphatic carbocycles. The maximum atomic E-state index is 10.2. The standard InChI is InChI=1S/C10H19NO2/c1-9(11-7-8-12)10(13)5-3-2-4-6-10/h8-9,11,13H,2-7H2,1H3. The predicted molar refractivity (Wildman–Crippen MR) is 51.6 cm³/mol. The SMILES string of the molecule is CC(NCC=O)C1(O)CCCCC1. The summed E-state index contributed by atoms with van der Waals surface area (Å²) in [4.78, 5) is 10.2. The Balaban J connectivity index is 2.41. The molecule has 3 heteroatoms. The number of carbonyl (C=O) groups excluding carboxylic acids is 1. The molecule has 0 aromatic heterocycles. The van der Waals surface area contributed by atoms with Crippen molar-refractivity contribution < 1.29 is 9.90 Å². The van der Waals surface area contributed by atoms with Crippen LogP contribution in [0.2, 0.25) is 0 Å². The highest BCUT2D eigenvalue weighted by atomic mass is 16.3. The summed E-state index contributed by atoms with van der Waals surface area (Å²) in [5.74, 6) is 0. The fourth-order valence-electron chi connectivity index (χ4n) is 2.01. The molecule has 76 valence electrons. The fraction of sp³-hybridized carbons (Fsp3) is 0.900. The molecule has 0 aromatic carbocycles. The number of carbonyl (C=O) groups is 1. The Labute approximate surface area is 79.5 Å². The summed E-state index contributed by atoms with van der Waals surface area (Å²) < 4.78 is 0. The van der Waals surface area contributed by atoms with Gasteiger partial charge in [0, 0.05) is 6.04 Å². The van der Waals surface area contributed by atoms with Crippen LogP contribution in [0.3, 0.4) is 0 Å². The highest BCUT2D eigenvalue weighted by Crippen LogP contribution is 2.30. The van der Waals surface area contributed by atoms with Gasteiger partial charge >= 0.3 is 0 Å². The second-order valence-corrected chi connectivity index (χ2v) is 3.96. The zero-order chi connectivity index (χ0) is 9.73. The van der Waals surface area contributed by atoms with Crippen molar-refractivity contribution in [1.82, 2.24) is 5.32 Å². The van der Waals surface area contributed by atoms with Crippen molar-refractivity contribution in [1.29, 1.82) is 0 Å². The van der Waals surface area contributed by atoms with Crippen molar-refractivity contribution in [2.24, 2.45) is 0 Å². The summed E-state index contributed by atoms with van der Waals surface area (Å²) in [5, 5.41) is 13.2. The molecule has 0 aliphatic heterocycles. The molecule has 0 radical (unpaired) electrons. The van der Waals surface area contributed by atoms with Crippen LogP contribution in [0, 0.1) is 0 Å². The van der Waals surface area contributed by atoms with E-state index >= 15 is 0 Å². The highest BCUT2D eigenvalue weighted by molar-refractivity contribution is 5.51. The fourth-order valence-corrected chi connectivity index (χ4v) is 2.01. The van der Waals surface area contributed by atoms with Crippen LogP contribution >= 0.6 is 0 Å². The number of rotatable bonds is 4. The van der Waals surface area contributed by atoms with E-state index in [-0.39, 0.29) is 6.04 Å². The van der Waals surface area contributed by atoms with Gasteiger partial charge in [0.05, 0.1) is 12.1 Å². The summed E-state index contributed by atoms with van der Waals surface area (Å²) in [6, 6.07) is 0.0259. The number of hydrogen-bond acceptors (Lipinski definition) is 3. The van der Waals surface area contributed by atoms with Gasteiger partial charge in [-0.05, 0) is 19.8 Å². The van der Waals surface area contributed by atoms with E-state index in [2.05, 4.69) is 5.32 Å². The lowest BCUT2D eigenvalue weighted by Gasteiger charge is -2.37. The van der Waals surface area contributed by atoms with Crippen LogP contribution in [-0.2, 0) is 4.79 Å². The molecular weight excluding hydrogens is 166 g/mol. The van der Waals surface area contributed by atoms with E-state index in [9.17, 15) is 9.90 Å². The first-order valence-electron chi connectivity index (χ1n) is 5.08. The zero-order valence-corrected chi connectivity index (χ0v) is 8.25. The van der Waals surface area contributed by atoms with Crippen molar-refractivity contribution >= 4 is 6.29 Å². The molecule has 1 aliphatic rings. The summed E-state index contributed by atoms with van der Waals surface area (Å²) in [6.07, 6.45) is 5.98. The number of nitrogens with one attached hydrogen (secondary N) is 1. The van der Waals surface area contributed by atoms with Crippen LogP contribution in [-0.4, -0.2) is 29.6 Å². The number of aldehydes is 1. The Kier molecular flexibility index (Phi) is 3.88. The second kappa shape index (κ2) is 4.72. The quantitative estimate of drug-likeness (QED) is 0.639. The van der Waals surface area contributed by atoms with E-state index in [1.165, 1.54) is 6.42 Å². The average Bonchev–Trinajstić information content (AvgIpc) is 2.15. The Morgan fingerprint density at radius 1 is 1.46 bits per heavy atom. The number of hydrogen-bond donors (Lipinski definition) is 2. The Morgan fingerprint density at radius 3 is 2.62 bits per heavy atom. The molecule has 0 amide bonds. The van der Waals surface area contributed by atoms with E-state index in [0.29, 0.717) is 6.54 Å². The molecule has 1 unspecified atom stereocenters. The molecule has 0 bridgehead atoms. The first-order valence-corrected chi connectivity index (χ1v) is 5.08. The third-order valence-electron chi connectivity index (χ3n) is 3.03. The lowest BCUT2D eigenvalue weighted by Crippen LogP contribution is -2.50. The minimum atomic E-state index is -0.582. The van der Waals surface area contributed by atoms with Crippen LogP contribution in [0.5, 0.6) is 0 Å². The first-order chi connectivity index (χ1) is 6.19. The molecule has 1 saturated carbocycles. The monoisotopic (exact) mass is 185 g/mol. The van der Waals surface area contributed by atoms with Crippen LogP contribution in [0.15, 0.2) is 0 Å². The van der Waals surface area contributed by atoms with Crippen LogP contribution < -0.4 is 5.32 Å². The number of aliphatic hydroxyl groups is 1. The van der Waals surface area contributed by atoms with Gasteiger partial charge in [-0.1, -0.05) is 19.3 Å². The van der Waals surface area contributed by atoms with Crippen LogP contribution in [0.1, 0.15) is 39.0 Å².